The van der Waals surface area contributed by atoms with Crippen LogP contribution in [0.5, 0.6) is 0 Å². The van der Waals surface area contributed by atoms with Gasteiger partial charge in [-0.25, -0.2) is 0 Å². The average molecular weight is 329 g/mol. The molecular formula is C20H31N3O. The summed E-state index contributed by atoms with van der Waals surface area (Å²) in [6.45, 7) is 12.0. The summed E-state index contributed by atoms with van der Waals surface area (Å²) < 4.78 is 1.72. The van der Waals surface area contributed by atoms with Gasteiger partial charge in [0, 0.05) is 25.0 Å². The van der Waals surface area contributed by atoms with Crippen LogP contribution in [-0.4, -0.2) is 15.5 Å². The second kappa shape index (κ2) is 11.1. The van der Waals surface area contributed by atoms with E-state index < -0.39 is 0 Å². The molecule has 0 spiro atoms. The van der Waals surface area contributed by atoms with Gasteiger partial charge in [0.25, 0.3) is 5.91 Å². The minimum atomic E-state index is -0.379. The molecule has 4 nitrogen and oxygen atoms in total. The first-order chi connectivity index (χ1) is 11.5. The van der Waals surface area contributed by atoms with Crippen LogP contribution in [0.15, 0.2) is 42.7 Å². The second-order valence-electron chi connectivity index (χ2n) is 4.95. The van der Waals surface area contributed by atoms with Crippen molar-refractivity contribution >= 4 is 16.8 Å². The number of H-pyrrole nitrogens is 1. The number of carbonyl (C=O) groups excluding carboxylic acids is 1. The zero-order valence-electron chi connectivity index (χ0n) is 16.0. The lowest BCUT2D eigenvalue weighted by Gasteiger charge is -1.94. The highest BCUT2D eigenvalue weighted by molar-refractivity contribution is 5.91. The van der Waals surface area contributed by atoms with Crippen LogP contribution < -0.4 is 5.73 Å². The number of aromatic nitrogens is 2. The van der Waals surface area contributed by atoms with Crippen LogP contribution in [0.3, 0.4) is 0 Å². The molecule has 4 heteroatoms. The summed E-state index contributed by atoms with van der Waals surface area (Å²) in [5, 5.41) is 1.29. The summed E-state index contributed by atoms with van der Waals surface area (Å²) >= 11 is 0. The van der Waals surface area contributed by atoms with Gasteiger partial charge in [0.1, 0.15) is 5.69 Å². The van der Waals surface area contributed by atoms with E-state index in [0.717, 1.165) is 5.56 Å². The van der Waals surface area contributed by atoms with Gasteiger partial charge in [-0.05, 0) is 49.1 Å². The van der Waals surface area contributed by atoms with E-state index >= 15 is 0 Å². The summed E-state index contributed by atoms with van der Waals surface area (Å²) in [5.74, 6) is -0.379. The van der Waals surface area contributed by atoms with Gasteiger partial charge in [-0.1, -0.05) is 39.3 Å². The van der Waals surface area contributed by atoms with E-state index in [2.05, 4.69) is 36.2 Å². The Morgan fingerprint density at radius 1 is 1.00 bits per heavy atom. The van der Waals surface area contributed by atoms with Crippen molar-refractivity contribution in [1.29, 1.82) is 0 Å². The molecule has 0 fully saturated rings. The van der Waals surface area contributed by atoms with Gasteiger partial charge in [-0.3, -0.25) is 4.79 Å². The van der Waals surface area contributed by atoms with Crippen molar-refractivity contribution in [2.45, 2.75) is 41.5 Å². The van der Waals surface area contributed by atoms with Gasteiger partial charge in [-0.15, -0.1) is 0 Å². The van der Waals surface area contributed by atoms with Crippen molar-refractivity contribution < 1.29 is 4.79 Å². The van der Waals surface area contributed by atoms with Gasteiger partial charge in [-0.2, -0.15) is 0 Å². The van der Waals surface area contributed by atoms with Gasteiger partial charge < -0.3 is 15.3 Å². The lowest BCUT2D eigenvalue weighted by Crippen LogP contribution is -2.14. The molecule has 2 heterocycles. The predicted octanol–water partition coefficient (Wildman–Crippen LogP) is 4.96. The van der Waals surface area contributed by atoms with E-state index in [0.29, 0.717) is 5.69 Å². The maximum Gasteiger partial charge on any atom is 0.265 e. The number of carbonyl (C=O) groups is 1. The molecule has 0 radical (unpaired) electrons. The van der Waals surface area contributed by atoms with Crippen molar-refractivity contribution in [3.63, 3.8) is 0 Å². The fraction of sp³-hybridized carbons (Fsp3) is 0.350. The standard InChI is InChI=1S/C9H9N.C7H10N2O.2C2H6/c1-7-2-3-9-8(6-7)4-5-10-9;1-5-3-6(7(8)10)9(2)4-5;2*1-2/h2-6,10H,1H3;3-4H,1-2H3,(H2,8,10);2*1-2H3. The predicted molar refractivity (Wildman–Crippen MR) is 104 cm³/mol. The first kappa shape index (κ1) is 21.5. The molecule has 3 N–H and O–H groups in total. The van der Waals surface area contributed by atoms with Gasteiger partial charge in [0.15, 0.2) is 0 Å². The number of benzene rings is 1. The van der Waals surface area contributed by atoms with Crippen LogP contribution in [0, 0.1) is 13.8 Å². The number of rotatable bonds is 1. The van der Waals surface area contributed by atoms with Gasteiger partial charge >= 0.3 is 0 Å². The SMILES string of the molecule is CC.CC.Cc1cc(C(N)=O)n(C)c1.Cc1ccc2[nH]ccc2c1. The van der Waals surface area contributed by atoms with Crippen molar-refractivity contribution in [1.82, 2.24) is 9.55 Å². The fourth-order valence-electron chi connectivity index (χ4n) is 2.15. The molecule has 0 unspecified atom stereocenters. The molecule has 0 aliphatic heterocycles. The summed E-state index contributed by atoms with van der Waals surface area (Å²) in [4.78, 5) is 13.8. The Balaban J connectivity index is 0.000000366. The number of aromatic amines is 1. The van der Waals surface area contributed by atoms with Crippen LogP contribution in [0.25, 0.3) is 10.9 Å². The number of nitrogens with zero attached hydrogens (tertiary/aromatic N) is 1. The lowest BCUT2D eigenvalue weighted by atomic mass is 10.2. The summed E-state index contributed by atoms with van der Waals surface area (Å²) in [6.07, 6.45) is 3.82. The molecule has 3 rings (SSSR count). The van der Waals surface area contributed by atoms with E-state index in [4.69, 9.17) is 5.73 Å². The maximum absolute atomic E-state index is 10.6. The highest BCUT2D eigenvalue weighted by Gasteiger charge is 2.04. The molecule has 0 aliphatic rings. The van der Waals surface area contributed by atoms with Crippen LogP contribution in [0.1, 0.15) is 49.3 Å². The Morgan fingerprint density at radius 2 is 1.62 bits per heavy atom. The molecule has 132 valence electrons. The average Bonchev–Trinajstić information content (AvgIpc) is 3.17. The summed E-state index contributed by atoms with van der Waals surface area (Å²) in [7, 11) is 1.80. The minimum Gasteiger partial charge on any atom is -0.364 e. The van der Waals surface area contributed by atoms with E-state index in [9.17, 15) is 4.79 Å². The Kier molecular flexibility index (Phi) is 9.96. The number of nitrogens with two attached hydrogens (primary N) is 1. The zero-order valence-corrected chi connectivity index (χ0v) is 16.0. The van der Waals surface area contributed by atoms with E-state index in [1.807, 2.05) is 47.0 Å². The molecule has 2 aromatic heterocycles. The topological polar surface area (TPSA) is 63.8 Å². The smallest absolute Gasteiger partial charge is 0.265 e. The highest BCUT2D eigenvalue weighted by atomic mass is 16.1. The van der Waals surface area contributed by atoms with E-state index in [-0.39, 0.29) is 5.91 Å². The van der Waals surface area contributed by atoms with Gasteiger partial charge in [0.05, 0.1) is 0 Å². The second-order valence-corrected chi connectivity index (χ2v) is 4.95. The normalized spacial score (nSPS) is 8.96. The summed E-state index contributed by atoms with van der Waals surface area (Å²) in [6, 6.07) is 10.2. The summed E-state index contributed by atoms with van der Waals surface area (Å²) in [5.41, 5.74) is 9.20. The Labute approximate surface area is 145 Å². The Bertz CT molecular complexity index is 738. The fourth-order valence-corrected chi connectivity index (χ4v) is 2.15. The third-order valence-electron chi connectivity index (χ3n) is 3.10. The highest BCUT2D eigenvalue weighted by Crippen LogP contribution is 2.12. The van der Waals surface area contributed by atoms with Crippen LogP contribution >= 0.6 is 0 Å². The third-order valence-corrected chi connectivity index (χ3v) is 3.10. The number of amides is 1. The Hall–Kier alpha value is -2.49. The number of hydrogen-bond donors (Lipinski definition) is 2. The van der Waals surface area contributed by atoms with E-state index in [1.54, 1.807) is 17.7 Å². The molecule has 0 atom stereocenters. The molecule has 1 aromatic carbocycles. The van der Waals surface area contributed by atoms with E-state index in [1.165, 1.54) is 16.5 Å². The van der Waals surface area contributed by atoms with Crippen molar-refractivity contribution in [2.75, 3.05) is 0 Å². The molecule has 24 heavy (non-hydrogen) atoms. The van der Waals surface area contributed by atoms with Gasteiger partial charge in [0.2, 0.25) is 0 Å². The number of fused-ring (bicyclic) bond motifs is 1. The first-order valence-corrected chi connectivity index (χ1v) is 8.44. The van der Waals surface area contributed by atoms with Crippen LogP contribution in [-0.2, 0) is 7.05 Å². The zero-order chi connectivity index (χ0) is 18.7. The third kappa shape index (κ3) is 6.32. The lowest BCUT2D eigenvalue weighted by molar-refractivity contribution is 0.0992. The minimum absolute atomic E-state index is 0.379. The van der Waals surface area contributed by atoms with Crippen LogP contribution in [0.4, 0.5) is 0 Å². The largest absolute Gasteiger partial charge is 0.364 e. The van der Waals surface area contributed by atoms with Crippen molar-refractivity contribution in [2.24, 2.45) is 12.8 Å². The molecule has 0 bridgehead atoms. The van der Waals surface area contributed by atoms with Crippen molar-refractivity contribution in [3.05, 3.63) is 59.5 Å². The number of primary amides is 1. The molecule has 0 saturated heterocycles. The monoisotopic (exact) mass is 329 g/mol. The maximum atomic E-state index is 10.6. The number of hydrogen-bond acceptors (Lipinski definition) is 1. The van der Waals surface area contributed by atoms with Crippen LogP contribution in [0.2, 0.25) is 0 Å². The first-order valence-electron chi connectivity index (χ1n) is 8.44. The quantitative estimate of drug-likeness (QED) is 0.651. The number of aryl methyl sites for hydroxylation is 3. The molecule has 0 aliphatic carbocycles. The number of nitrogens with one attached hydrogen (secondary N) is 1. The molecule has 3 aromatic rings. The molecule has 0 saturated carbocycles. The molecular weight excluding hydrogens is 298 g/mol. The van der Waals surface area contributed by atoms with Crippen molar-refractivity contribution in [3.8, 4) is 0 Å². The molecule has 1 amide bonds. The Morgan fingerprint density at radius 3 is 2.08 bits per heavy atom.